The van der Waals surface area contributed by atoms with Crippen LogP contribution >= 0.6 is 11.6 Å². The zero-order valence-electron chi connectivity index (χ0n) is 12.1. The maximum atomic E-state index is 6.28. The van der Waals surface area contributed by atoms with Gasteiger partial charge in [0.05, 0.1) is 0 Å². The Bertz CT molecular complexity index is 559. The van der Waals surface area contributed by atoms with Crippen LogP contribution in [0, 0.1) is 0 Å². The van der Waals surface area contributed by atoms with Gasteiger partial charge in [-0.15, -0.1) is 0 Å². The molecule has 2 aromatic rings. The Labute approximate surface area is 121 Å². The zero-order valence-corrected chi connectivity index (χ0v) is 12.9. The van der Waals surface area contributed by atoms with Crippen LogP contribution in [-0.4, -0.2) is 0 Å². The van der Waals surface area contributed by atoms with E-state index in [0.29, 0.717) is 0 Å². The number of rotatable bonds is 2. The second-order valence-corrected chi connectivity index (χ2v) is 6.39. The van der Waals surface area contributed by atoms with E-state index in [4.69, 9.17) is 11.6 Å². The maximum absolute atomic E-state index is 6.28. The summed E-state index contributed by atoms with van der Waals surface area (Å²) in [7, 11) is 0. The third kappa shape index (κ3) is 3.19. The average molecular weight is 273 g/mol. The molecule has 0 nitrogen and oxygen atoms in total. The molecule has 100 valence electrons. The average Bonchev–Trinajstić information content (AvgIpc) is 2.38. The second-order valence-electron chi connectivity index (χ2n) is 5.99. The van der Waals surface area contributed by atoms with Crippen molar-refractivity contribution in [3.8, 4) is 11.1 Å². The predicted molar refractivity (Wildman–Crippen MR) is 85.0 cm³/mol. The van der Waals surface area contributed by atoms with E-state index in [-0.39, 0.29) is 5.41 Å². The van der Waals surface area contributed by atoms with Crippen molar-refractivity contribution < 1.29 is 0 Å². The molecule has 0 aliphatic heterocycles. The summed E-state index contributed by atoms with van der Waals surface area (Å²) in [6, 6.07) is 15.1. The summed E-state index contributed by atoms with van der Waals surface area (Å²) in [5, 5.41) is 0.861. The van der Waals surface area contributed by atoms with E-state index in [1.807, 2.05) is 0 Å². The summed E-state index contributed by atoms with van der Waals surface area (Å²) in [6.45, 7) is 8.82. The second kappa shape index (κ2) is 5.38. The molecule has 0 aromatic heterocycles. The smallest absolute Gasteiger partial charge is 0.0444 e. The highest BCUT2D eigenvalue weighted by Gasteiger charge is 2.13. The normalized spacial score (nSPS) is 11.6. The topological polar surface area (TPSA) is 0 Å². The summed E-state index contributed by atoms with van der Waals surface area (Å²) < 4.78 is 0. The first-order valence-electron chi connectivity index (χ1n) is 6.81. The van der Waals surface area contributed by atoms with Crippen LogP contribution in [0.25, 0.3) is 11.1 Å². The lowest BCUT2D eigenvalue weighted by Crippen LogP contribution is -2.10. The Kier molecular flexibility index (Phi) is 4.01. The number of benzene rings is 2. The monoisotopic (exact) mass is 272 g/mol. The molecule has 0 spiro atoms. The van der Waals surface area contributed by atoms with Crippen LogP contribution in [0.15, 0.2) is 42.5 Å². The fourth-order valence-electron chi connectivity index (χ4n) is 2.18. The van der Waals surface area contributed by atoms with Gasteiger partial charge in [-0.2, -0.15) is 0 Å². The fourth-order valence-corrected chi connectivity index (χ4v) is 2.49. The first-order chi connectivity index (χ1) is 8.91. The molecular formula is C18H21Cl. The van der Waals surface area contributed by atoms with Crippen molar-refractivity contribution >= 4 is 11.6 Å². The summed E-state index contributed by atoms with van der Waals surface area (Å²) in [5.74, 6) is 0. The van der Waals surface area contributed by atoms with Gasteiger partial charge in [0.25, 0.3) is 0 Å². The van der Waals surface area contributed by atoms with Gasteiger partial charge >= 0.3 is 0 Å². The predicted octanol–water partition coefficient (Wildman–Crippen LogP) is 5.87. The quantitative estimate of drug-likeness (QED) is 0.642. The van der Waals surface area contributed by atoms with Gasteiger partial charge in [0.15, 0.2) is 0 Å². The van der Waals surface area contributed by atoms with E-state index in [0.717, 1.165) is 11.4 Å². The van der Waals surface area contributed by atoms with E-state index in [1.54, 1.807) is 0 Å². The maximum Gasteiger partial charge on any atom is 0.0444 e. The highest BCUT2D eigenvalue weighted by Crippen LogP contribution is 2.28. The van der Waals surface area contributed by atoms with Crippen molar-refractivity contribution in [2.24, 2.45) is 0 Å². The molecule has 0 unspecified atom stereocenters. The minimum atomic E-state index is 0.197. The molecule has 0 heterocycles. The minimum Gasteiger partial charge on any atom is -0.0840 e. The highest BCUT2D eigenvalue weighted by molar-refractivity contribution is 6.31. The van der Waals surface area contributed by atoms with E-state index in [1.165, 1.54) is 22.3 Å². The largest absolute Gasteiger partial charge is 0.0840 e. The van der Waals surface area contributed by atoms with Crippen molar-refractivity contribution in [2.75, 3.05) is 0 Å². The van der Waals surface area contributed by atoms with Crippen LogP contribution in [0.3, 0.4) is 0 Å². The van der Waals surface area contributed by atoms with Crippen molar-refractivity contribution in [3.05, 3.63) is 58.6 Å². The van der Waals surface area contributed by atoms with Gasteiger partial charge in [0.1, 0.15) is 0 Å². The van der Waals surface area contributed by atoms with Gasteiger partial charge in [-0.25, -0.2) is 0 Å². The Morgan fingerprint density at radius 1 is 0.895 bits per heavy atom. The molecule has 0 saturated heterocycles. The summed E-state index contributed by atoms with van der Waals surface area (Å²) in [6.07, 6.45) is 0.974. The van der Waals surface area contributed by atoms with Gasteiger partial charge in [0.2, 0.25) is 0 Å². The molecule has 0 N–H and O–H groups in total. The van der Waals surface area contributed by atoms with Gasteiger partial charge in [-0.05, 0) is 40.2 Å². The van der Waals surface area contributed by atoms with Crippen molar-refractivity contribution in [3.63, 3.8) is 0 Å². The van der Waals surface area contributed by atoms with E-state index < -0.39 is 0 Å². The Morgan fingerprint density at radius 2 is 1.47 bits per heavy atom. The summed E-state index contributed by atoms with van der Waals surface area (Å²) >= 11 is 6.28. The molecule has 1 heteroatoms. The van der Waals surface area contributed by atoms with Crippen molar-refractivity contribution in [1.82, 2.24) is 0 Å². The van der Waals surface area contributed by atoms with Crippen molar-refractivity contribution in [1.29, 1.82) is 0 Å². The van der Waals surface area contributed by atoms with Crippen LogP contribution in [-0.2, 0) is 11.8 Å². The molecule has 2 aromatic carbocycles. The highest BCUT2D eigenvalue weighted by atomic mass is 35.5. The molecular weight excluding hydrogens is 252 g/mol. The van der Waals surface area contributed by atoms with E-state index >= 15 is 0 Å². The molecule has 0 bridgehead atoms. The zero-order chi connectivity index (χ0) is 14.0. The molecule has 0 atom stereocenters. The molecule has 0 saturated carbocycles. The Morgan fingerprint density at radius 3 is 1.95 bits per heavy atom. The molecule has 19 heavy (non-hydrogen) atoms. The van der Waals surface area contributed by atoms with Gasteiger partial charge in [-0.3, -0.25) is 0 Å². The molecule has 0 amide bonds. The van der Waals surface area contributed by atoms with Crippen LogP contribution in [0.2, 0.25) is 5.02 Å². The third-order valence-corrected chi connectivity index (χ3v) is 3.87. The Hall–Kier alpha value is -1.27. The third-order valence-electron chi connectivity index (χ3n) is 3.52. The lowest BCUT2D eigenvalue weighted by Gasteiger charge is -2.19. The number of hydrogen-bond donors (Lipinski definition) is 0. The molecule has 0 aliphatic carbocycles. The van der Waals surface area contributed by atoms with E-state index in [9.17, 15) is 0 Å². The first-order valence-corrected chi connectivity index (χ1v) is 7.19. The Balaban J connectivity index is 2.35. The van der Waals surface area contributed by atoms with Gasteiger partial charge in [-0.1, -0.05) is 75.7 Å². The summed E-state index contributed by atoms with van der Waals surface area (Å²) in [5.41, 5.74) is 5.16. The molecule has 0 aliphatic rings. The number of hydrogen-bond acceptors (Lipinski definition) is 0. The minimum absolute atomic E-state index is 0.197. The fraction of sp³-hybridized carbons (Fsp3) is 0.333. The summed E-state index contributed by atoms with van der Waals surface area (Å²) in [4.78, 5) is 0. The number of aryl methyl sites for hydroxylation is 1. The lowest BCUT2D eigenvalue weighted by molar-refractivity contribution is 0.590. The lowest BCUT2D eigenvalue weighted by atomic mass is 9.86. The first kappa shape index (κ1) is 14.1. The van der Waals surface area contributed by atoms with Crippen LogP contribution in [0.1, 0.15) is 38.8 Å². The van der Waals surface area contributed by atoms with Crippen LogP contribution in [0.4, 0.5) is 0 Å². The molecule has 2 rings (SSSR count). The van der Waals surface area contributed by atoms with E-state index in [2.05, 4.69) is 70.2 Å². The van der Waals surface area contributed by atoms with Crippen molar-refractivity contribution in [2.45, 2.75) is 39.5 Å². The van der Waals surface area contributed by atoms with Crippen LogP contribution in [0.5, 0.6) is 0 Å². The molecule has 0 fully saturated rings. The standard InChI is InChI=1S/C18H21Cl/c1-5-13-6-7-15(12-17(13)19)14-8-10-16(11-9-14)18(2,3)4/h6-12H,5H2,1-4H3. The van der Waals surface area contributed by atoms with Crippen LogP contribution < -0.4 is 0 Å². The van der Waals surface area contributed by atoms with Gasteiger partial charge in [0, 0.05) is 5.02 Å². The number of halogens is 1. The van der Waals surface area contributed by atoms with Gasteiger partial charge < -0.3 is 0 Å². The SMILES string of the molecule is CCc1ccc(-c2ccc(C(C)(C)C)cc2)cc1Cl. The molecule has 0 radical (unpaired) electrons.